The number of rotatable bonds is 3. The van der Waals surface area contributed by atoms with Gasteiger partial charge >= 0.3 is 6.09 Å². The van der Waals surface area contributed by atoms with Crippen LogP contribution in [0.2, 0.25) is 0 Å². The minimum atomic E-state index is -0.611. The number of benzene rings is 1. The third-order valence-electron chi connectivity index (χ3n) is 5.78. The zero-order valence-electron chi connectivity index (χ0n) is 18.3. The molecular formula is C24H29N3O4. The Morgan fingerprint density at radius 2 is 1.97 bits per heavy atom. The Hall–Kier alpha value is -3.09. The van der Waals surface area contributed by atoms with Crippen LogP contribution < -0.4 is 10.9 Å². The van der Waals surface area contributed by atoms with E-state index in [9.17, 15) is 14.4 Å². The highest BCUT2D eigenvalue weighted by atomic mass is 16.6. The van der Waals surface area contributed by atoms with Crippen LogP contribution in [0.25, 0.3) is 0 Å². The van der Waals surface area contributed by atoms with Gasteiger partial charge < -0.3 is 19.9 Å². The molecule has 1 aliphatic heterocycles. The van der Waals surface area contributed by atoms with Crippen LogP contribution in [0.5, 0.6) is 0 Å². The predicted octanol–water partition coefficient (Wildman–Crippen LogP) is 3.01. The number of carbonyl (C=O) groups is 2. The molecular weight excluding hydrogens is 394 g/mol. The Morgan fingerprint density at radius 3 is 2.74 bits per heavy atom. The van der Waals surface area contributed by atoms with Crippen molar-refractivity contribution in [3.63, 3.8) is 0 Å². The standard InChI is InChI=1S/C24H29N3O4/c1-24(2,3)31-23(30)27-13-16-7-4-5-9-18(16)19(14-27)22(29)25-12-17-11-15-8-6-10-20(15)26-21(17)28/h4-5,7,9,11,19H,6,8,10,12-14H2,1-3H3,(H,25,29)(H,26,28). The number of fused-ring (bicyclic) bond motifs is 2. The van der Waals surface area contributed by atoms with E-state index in [2.05, 4.69) is 10.3 Å². The van der Waals surface area contributed by atoms with Crippen LogP contribution in [0.1, 0.15) is 61.1 Å². The van der Waals surface area contributed by atoms with Crippen LogP contribution in [0.4, 0.5) is 4.79 Å². The van der Waals surface area contributed by atoms with E-state index in [4.69, 9.17) is 4.74 Å². The largest absolute Gasteiger partial charge is 0.444 e. The molecule has 2 N–H and O–H groups in total. The van der Waals surface area contributed by atoms with Gasteiger partial charge in [-0.25, -0.2) is 4.79 Å². The topological polar surface area (TPSA) is 91.5 Å². The van der Waals surface area contributed by atoms with Crippen LogP contribution in [-0.2, 0) is 35.5 Å². The molecule has 1 unspecified atom stereocenters. The summed E-state index contributed by atoms with van der Waals surface area (Å²) < 4.78 is 5.52. The number of pyridine rings is 1. The summed E-state index contributed by atoms with van der Waals surface area (Å²) in [6, 6.07) is 9.55. The quantitative estimate of drug-likeness (QED) is 0.794. The van der Waals surface area contributed by atoms with Crippen LogP contribution in [-0.4, -0.2) is 34.0 Å². The van der Waals surface area contributed by atoms with Gasteiger partial charge in [0.15, 0.2) is 0 Å². The van der Waals surface area contributed by atoms with E-state index in [1.165, 1.54) is 0 Å². The summed E-state index contributed by atoms with van der Waals surface area (Å²) in [7, 11) is 0. The Labute approximate surface area is 181 Å². The Morgan fingerprint density at radius 1 is 1.19 bits per heavy atom. The van der Waals surface area contributed by atoms with Crippen molar-refractivity contribution in [2.75, 3.05) is 6.54 Å². The fourth-order valence-corrected chi connectivity index (χ4v) is 4.30. The van der Waals surface area contributed by atoms with E-state index >= 15 is 0 Å². The maximum absolute atomic E-state index is 13.1. The molecule has 1 aromatic heterocycles. The highest BCUT2D eigenvalue weighted by molar-refractivity contribution is 5.85. The van der Waals surface area contributed by atoms with Crippen molar-refractivity contribution in [3.05, 3.63) is 68.6 Å². The molecule has 0 fully saturated rings. The average molecular weight is 424 g/mol. The monoisotopic (exact) mass is 423 g/mol. The van der Waals surface area contributed by atoms with E-state index in [0.717, 1.165) is 41.6 Å². The van der Waals surface area contributed by atoms with Gasteiger partial charge in [-0.1, -0.05) is 24.3 Å². The lowest BCUT2D eigenvalue weighted by molar-refractivity contribution is -0.123. The molecule has 31 heavy (non-hydrogen) atoms. The minimum absolute atomic E-state index is 0.152. The molecule has 0 saturated carbocycles. The van der Waals surface area contributed by atoms with Gasteiger partial charge in [-0.05, 0) is 62.8 Å². The number of aryl methyl sites for hydroxylation is 2. The van der Waals surface area contributed by atoms with Gasteiger partial charge in [-0.2, -0.15) is 0 Å². The van der Waals surface area contributed by atoms with Crippen molar-refractivity contribution in [3.8, 4) is 0 Å². The summed E-state index contributed by atoms with van der Waals surface area (Å²) in [6.07, 6.45) is 2.46. The highest BCUT2D eigenvalue weighted by Gasteiger charge is 2.34. The molecule has 2 heterocycles. The van der Waals surface area contributed by atoms with Crippen LogP contribution >= 0.6 is 0 Å². The molecule has 1 aliphatic carbocycles. The number of H-pyrrole nitrogens is 1. The summed E-state index contributed by atoms with van der Waals surface area (Å²) in [4.78, 5) is 42.7. The third-order valence-corrected chi connectivity index (χ3v) is 5.78. The van der Waals surface area contributed by atoms with E-state index in [1.54, 1.807) is 4.90 Å². The maximum atomic E-state index is 13.1. The molecule has 0 radical (unpaired) electrons. The molecule has 2 aliphatic rings. The smallest absolute Gasteiger partial charge is 0.410 e. The minimum Gasteiger partial charge on any atom is -0.444 e. The molecule has 0 saturated heterocycles. The molecule has 7 nitrogen and oxygen atoms in total. The lowest BCUT2D eigenvalue weighted by Crippen LogP contribution is -2.45. The Kier molecular flexibility index (Phi) is 5.60. The van der Waals surface area contributed by atoms with Gasteiger partial charge in [0, 0.05) is 30.9 Å². The normalized spacial score (nSPS) is 17.6. The number of carbonyl (C=O) groups excluding carboxylic acids is 2. The first kappa shape index (κ1) is 21.2. The second kappa shape index (κ2) is 8.21. The van der Waals surface area contributed by atoms with Crippen molar-refractivity contribution < 1.29 is 14.3 Å². The van der Waals surface area contributed by atoms with E-state index < -0.39 is 17.6 Å². The highest BCUT2D eigenvalue weighted by Crippen LogP contribution is 2.29. The molecule has 164 valence electrons. The fourth-order valence-electron chi connectivity index (χ4n) is 4.30. The maximum Gasteiger partial charge on any atom is 0.410 e. The molecule has 7 heteroatoms. The summed E-state index contributed by atoms with van der Waals surface area (Å²) in [6.45, 7) is 6.26. The molecule has 1 atom stereocenters. The number of aromatic nitrogens is 1. The van der Waals surface area contributed by atoms with Gasteiger partial charge in [0.2, 0.25) is 5.91 Å². The second-order valence-electron chi connectivity index (χ2n) is 9.31. The van der Waals surface area contributed by atoms with Crippen molar-refractivity contribution in [2.45, 2.75) is 64.6 Å². The van der Waals surface area contributed by atoms with Crippen molar-refractivity contribution in [2.24, 2.45) is 0 Å². The van der Waals surface area contributed by atoms with Gasteiger partial charge in [-0.3, -0.25) is 9.59 Å². The third kappa shape index (κ3) is 4.65. The number of aromatic amines is 1. The fraction of sp³-hybridized carbons (Fsp3) is 0.458. The van der Waals surface area contributed by atoms with Gasteiger partial charge in [0.05, 0.1) is 5.92 Å². The first-order valence-corrected chi connectivity index (χ1v) is 10.8. The lowest BCUT2D eigenvalue weighted by Gasteiger charge is -2.35. The van der Waals surface area contributed by atoms with E-state index in [1.807, 2.05) is 51.1 Å². The Balaban J connectivity index is 1.51. The second-order valence-corrected chi connectivity index (χ2v) is 9.31. The zero-order valence-corrected chi connectivity index (χ0v) is 18.3. The number of nitrogens with one attached hydrogen (secondary N) is 2. The van der Waals surface area contributed by atoms with Gasteiger partial charge in [0.1, 0.15) is 5.60 Å². The average Bonchev–Trinajstić information content (AvgIpc) is 3.16. The van der Waals surface area contributed by atoms with Crippen LogP contribution in [0.15, 0.2) is 35.1 Å². The Bertz CT molecular complexity index is 1070. The summed E-state index contributed by atoms with van der Waals surface area (Å²) in [5.41, 5.74) is 3.79. The van der Waals surface area contributed by atoms with Gasteiger partial charge in [0.25, 0.3) is 5.56 Å². The molecule has 2 aromatic rings. The predicted molar refractivity (Wildman–Crippen MR) is 117 cm³/mol. The van der Waals surface area contributed by atoms with Crippen LogP contribution in [0.3, 0.4) is 0 Å². The number of hydrogen-bond acceptors (Lipinski definition) is 4. The number of hydrogen-bond donors (Lipinski definition) is 2. The van der Waals surface area contributed by atoms with Crippen molar-refractivity contribution >= 4 is 12.0 Å². The van der Waals surface area contributed by atoms with E-state index in [-0.39, 0.29) is 24.6 Å². The first-order valence-electron chi connectivity index (χ1n) is 10.8. The lowest BCUT2D eigenvalue weighted by atomic mass is 9.89. The summed E-state index contributed by atoms with van der Waals surface area (Å²) in [5, 5.41) is 2.91. The molecule has 1 aromatic carbocycles. The number of nitrogens with zero attached hydrogens (tertiary/aromatic N) is 1. The van der Waals surface area contributed by atoms with Crippen molar-refractivity contribution in [1.82, 2.24) is 15.2 Å². The van der Waals surface area contributed by atoms with E-state index in [0.29, 0.717) is 12.1 Å². The van der Waals surface area contributed by atoms with Crippen LogP contribution in [0, 0.1) is 0 Å². The summed E-state index contributed by atoms with van der Waals surface area (Å²) in [5.74, 6) is -0.730. The first-order chi connectivity index (χ1) is 14.7. The SMILES string of the molecule is CC(C)(C)OC(=O)N1Cc2ccccc2C(C(=O)NCc2cc3c([nH]c2=O)CCC3)C1. The molecule has 0 spiro atoms. The number of amides is 2. The van der Waals surface area contributed by atoms with Gasteiger partial charge in [-0.15, -0.1) is 0 Å². The molecule has 2 amide bonds. The summed E-state index contributed by atoms with van der Waals surface area (Å²) >= 11 is 0. The number of ether oxygens (including phenoxy) is 1. The molecule has 4 rings (SSSR count). The van der Waals surface area contributed by atoms with Crippen molar-refractivity contribution in [1.29, 1.82) is 0 Å². The molecule has 0 bridgehead atoms. The zero-order chi connectivity index (χ0) is 22.2.